The molecular weight excluding hydrogens is 278 g/mol. The summed E-state index contributed by atoms with van der Waals surface area (Å²) in [5.41, 5.74) is 1.79. The van der Waals surface area contributed by atoms with Crippen molar-refractivity contribution in [2.45, 2.75) is 25.5 Å². The third-order valence-corrected chi connectivity index (χ3v) is 4.02. The highest BCUT2D eigenvalue weighted by Gasteiger charge is 2.24. The first-order valence-corrected chi connectivity index (χ1v) is 7.67. The maximum atomic E-state index is 12.2. The van der Waals surface area contributed by atoms with Crippen molar-refractivity contribution in [3.8, 4) is 0 Å². The van der Waals surface area contributed by atoms with E-state index in [2.05, 4.69) is 34.3 Å². The first-order valence-electron chi connectivity index (χ1n) is 7.67. The van der Waals surface area contributed by atoms with Gasteiger partial charge in [-0.2, -0.15) is 5.10 Å². The number of esters is 1. The predicted molar refractivity (Wildman–Crippen MR) is 83.4 cm³/mol. The number of carbonyl (C=O) groups excluding carboxylic acids is 1. The number of hydrogen-bond donors (Lipinski definition) is 0. The molecule has 1 aromatic heterocycles. The fourth-order valence-electron chi connectivity index (χ4n) is 2.88. The Morgan fingerprint density at radius 2 is 2.14 bits per heavy atom. The van der Waals surface area contributed by atoms with Crippen molar-refractivity contribution in [3.63, 3.8) is 0 Å². The minimum Gasteiger partial charge on any atom is -0.456 e. The van der Waals surface area contributed by atoms with Crippen LogP contribution < -0.4 is 0 Å². The molecule has 5 nitrogen and oxygen atoms in total. The van der Waals surface area contributed by atoms with E-state index in [-0.39, 0.29) is 12.1 Å². The van der Waals surface area contributed by atoms with Crippen molar-refractivity contribution < 1.29 is 9.53 Å². The summed E-state index contributed by atoms with van der Waals surface area (Å²) in [4.78, 5) is 14.5. The van der Waals surface area contributed by atoms with Gasteiger partial charge in [0.05, 0.1) is 0 Å². The van der Waals surface area contributed by atoms with Gasteiger partial charge in [0.1, 0.15) is 11.8 Å². The minimum atomic E-state index is -0.286. The molecule has 1 unspecified atom stereocenters. The van der Waals surface area contributed by atoms with E-state index in [0.29, 0.717) is 5.69 Å². The zero-order chi connectivity index (χ0) is 15.4. The molecule has 1 aromatic carbocycles. The maximum Gasteiger partial charge on any atom is 0.356 e. The first-order chi connectivity index (χ1) is 10.7. The molecule has 0 N–H and O–H groups in total. The van der Waals surface area contributed by atoms with Crippen LogP contribution in [-0.4, -0.2) is 39.8 Å². The maximum absolute atomic E-state index is 12.2. The number of aryl methyl sites for hydroxylation is 1. The highest BCUT2D eigenvalue weighted by Crippen LogP contribution is 2.17. The Hall–Kier alpha value is -2.14. The molecule has 0 spiro atoms. The third-order valence-electron chi connectivity index (χ3n) is 4.02. The molecule has 22 heavy (non-hydrogen) atoms. The molecule has 2 aromatic rings. The van der Waals surface area contributed by atoms with Crippen LogP contribution in [0.15, 0.2) is 42.6 Å². The lowest BCUT2D eigenvalue weighted by molar-refractivity contribution is 0.00458. The summed E-state index contributed by atoms with van der Waals surface area (Å²) >= 11 is 0. The zero-order valence-electron chi connectivity index (χ0n) is 12.8. The molecule has 0 amide bonds. The second-order valence-corrected chi connectivity index (χ2v) is 5.73. The van der Waals surface area contributed by atoms with E-state index < -0.39 is 0 Å². The van der Waals surface area contributed by atoms with Gasteiger partial charge in [-0.1, -0.05) is 30.3 Å². The number of aromatic nitrogens is 2. The molecule has 5 heteroatoms. The molecule has 1 aliphatic heterocycles. The summed E-state index contributed by atoms with van der Waals surface area (Å²) in [5, 5.41) is 4.01. The predicted octanol–water partition coefficient (Wildman–Crippen LogP) is 2.24. The van der Waals surface area contributed by atoms with E-state index in [9.17, 15) is 4.79 Å². The summed E-state index contributed by atoms with van der Waals surface area (Å²) in [7, 11) is 1.75. The Bertz CT molecular complexity index is 624. The fourth-order valence-corrected chi connectivity index (χ4v) is 2.88. The number of benzene rings is 1. The van der Waals surface area contributed by atoms with Crippen molar-refractivity contribution in [2.75, 3.05) is 13.1 Å². The Morgan fingerprint density at radius 3 is 2.86 bits per heavy atom. The Balaban J connectivity index is 1.57. The standard InChI is InChI=1S/C17H21N3O2/c1-19-16(9-10-18-19)17(21)22-15-8-5-11-20(13-15)12-14-6-3-2-4-7-14/h2-4,6-7,9-10,15H,5,8,11-13H2,1H3. The molecule has 1 fully saturated rings. The molecule has 0 bridgehead atoms. The van der Waals surface area contributed by atoms with E-state index >= 15 is 0 Å². The molecule has 0 aliphatic carbocycles. The molecule has 0 radical (unpaired) electrons. The van der Waals surface area contributed by atoms with Gasteiger partial charge in [-0.3, -0.25) is 9.58 Å². The summed E-state index contributed by atoms with van der Waals surface area (Å²) in [6.45, 7) is 2.74. The van der Waals surface area contributed by atoms with Gasteiger partial charge in [-0.15, -0.1) is 0 Å². The van der Waals surface area contributed by atoms with Gasteiger partial charge in [-0.25, -0.2) is 4.79 Å². The van der Waals surface area contributed by atoms with Crippen LogP contribution in [0.4, 0.5) is 0 Å². The lowest BCUT2D eigenvalue weighted by Crippen LogP contribution is -2.40. The monoisotopic (exact) mass is 299 g/mol. The number of likely N-dealkylation sites (tertiary alicyclic amines) is 1. The van der Waals surface area contributed by atoms with Crippen LogP contribution in [0.5, 0.6) is 0 Å². The number of hydrogen-bond acceptors (Lipinski definition) is 4. The average Bonchev–Trinajstić information content (AvgIpc) is 2.95. The van der Waals surface area contributed by atoms with Crippen LogP contribution in [0.3, 0.4) is 0 Å². The second-order valence-electron chi connectivity index (χ2n) is 5.73. The molecular formula is C17H21N3O2. The number of ether oxygens (including phenoxy) is 1. The topological polar surface area (TPSA) is 47.4 Å². The lowest BCUT2D eigenvalue weighted by atomic mass is 10.1. The summed E-state index contributed by atoms with van der Waals surface area (Å²) in [6, 6.07) is 12.1. The van der Waals surface area contributed by atoms with E-state index in [4.69, 9.17) is 4.74 Å². The molecule has 3 rings (SSSR count). The number of rotatable bonds is 4. The lowest BCUT2D eigenvalue weighted by Gasteiger charge is -2.32. The van der Waals surface area contributed by atoms with Gasteiger partial charge in [0.2, 0.25) is 0 Å². The summed E-state index contributed by atoms with van der Waals surface area (Å²) < 4.78 is 7.19. The van der Waals surface area contributed by atoms with E-state index in [1.165, 1.54) is 5.56 Å². The van der Waals surface area contributed by atoms with Gasteiger partial charge in [-0.05, 0) is 31.0 Å². The molecule has 1 atom stereocenters. The number of carbonyl (C=O) groups is 1. The first kappa shape index (κ1) is 14.8. The quantitative estimate of drug-likeness (QED) is 0.812. The summed E-state index contributed by atoms with van der Waals surface area (Å²) in [6.07, 6.45) is 3.55. The highest BCUT2D eigenvalue weighted by atomic mass is 16.5. The van der Waals surface area contributed by atoms with E-state index in [0.717, 1.165) is 32.5 Å². The summed E-state index contributed by atoms with van der Waals surface area (Å²) in [5.74, 6) is -0.286. The Kier molecular flexibility index (Phi) is 4.53. The van der Waals surface area contributed by atoms with Crippen LogP contribution in [0, 0.1) is 0 Å². The van der Waals surface area contributed by atoms with Gasteiger partial charge < -0.3 is 4.74 Å². The fraction of sp³-hybridized carbons (Fsp3) is 0.412. The molecule has 1 saturated heterocycles. The normalized spacial score (nSPS) is 19.0. The van der Waals surface area contributed by atoms with Crippen LogP contribution >= 0.6 is 0 Å². The van der Waals surface area contributed by atoms with E-state index in [1.807, 2.05) is 6.07 Å². The number of piperidine rings is 1. The highest BCUT2D eigenvalue weighted by molar-refractivity contribution is 5.87. The van der Waals surface area contributed by atoms with Gasteiger partial charge in [0.15, 0.2) is 0 Å². The average molecular weight is 299 g/mol. The van der Waals surface area contributed by atoms with Crippen molar-refractivity contribution in [1.82, 2.24) is 14.7 Å². The van der Waals surface area contributed by atoms with Crippen LogP contribution in [-0.2, 0) is 18.3 Å². The van der Waals surface area contributed by atoms with Crippen LogP contribution in [0.1, 0.15) is 28.9 Å². The van der Waals surface area contributed by atoms with Crippen molar-refractivity contribution in [2.24, 2.45) is 7.05 Å². The Morgan fingerprint density at radius 1 is 1.32 bits per heavy atom. The van der Waals surface area contributed by atoms with Gasteiger partial charge >= 0.3 is 5.97 Å². The van der Waals surface area contributed by atoms with Crippen LogP contribution in [0.2, 0.25) is 0 Å². The van der Waals surface area contributed by atoms with Gasteiger partial charge in [0, 0.05) is 26.3 Å². The Labute approximate surface area is 130 Å². The number of nitrogens with zero attached hydrogens (tertiary/aromatic N) is 3. The van der Waals surface area contributed by atoms with Crippen LogP contribution in [0.25, 0.3) is 0 Å². The van der Waals surface area contributed by atoms with E-state index in [1.54, 1.807) is 24.0 Å². The van der Waals surface area contributed by atoms with Gasteiger partial charge in [0.25, 0.3) is 0 Å². The van der Waals surface area contributed by atoms with Crippen molar-refractivity contribution in [3.05, 3.63) is 53.9 Å². The smallest absolute Gasteiger partial charge is 0.356 e. The molecule has 1 aliphatic rings. The largest absolute Gasteiger partial charge is 0.456 e. The third kappa shape index (κ3) is 3.54. The van der Waals surface area contributed by atoms with Crippen molar-refractivity contribution >= 4 is 5.97 Å². The zero-order valence-corrected chi connectivity index (χ0v) is 12.8. The second kappa shape index (κ2) is 6.75. The molecule has 116 valence electrons. The van der Waals surface area contributed by atoms with Crippen molar-refractivity contribution in [1.29, 1.82) is 0 Å². The molecule has 0 saturated carbocycles. The SMILES string of the molecule is Cn1nccc1C(=O)OC1CCCN(Cc2ccccc2)C1. The molecule has 2 heterocycles. The minimum absolute atomic E-state index is 0.0418.